The lowest BCUT2D eigenvalue weighted by atomic mass is 10.1. The minimum absolute atomic E-state index is 0.0507. The van der Waals surface area contributed by atoms with Crippen molar-refractivity contribution in [2.75, 3.05) is 23.9 Å². The van der Waals surface area contributed by atoms with Gasteiger partial charge in [0.2, 0.25) is 11.8 Å². The molecule has 2 amide bonds. The molecule has 0 radical (unpaired) electrons. The molecule has 3 aromatic carbocycles. The highest BCUT2D eigenvalue weighted by atomic mass is 35.5. The molecule has 3 rings (SSSR count). The summed E-state index contributed by atoms with van der Waals surface area (Å²) in [7, 11) is -4.12. The Bertz CT molecular complexity index is 1320. The molecule has 9 heteroatoms. The van der Waals surface area contributed by atoms with Crippen LogP contribution in [0.15, 0.2) is 83.8 Å². The molecule has 1 N–H and O–H groups in total. The van der Waals surface area contributed by atoms with Crippen molar-refractivity contribution in [3.8, 4) is 0 Å². The van der Waals surface area contributed by atoms with Crippen LogP contribution in [0.25, 0.3) is 0 Å². The number of nitrogens with one attached hydrogen (secondary N) is 1. The highest BCUT2D eigenvalue weighted by Crippen LogP contribution is 2.31. The van der Waals surface area contributed by atoms with Gasteiger partial charge in [-0.2, -0.15) is 0 Å². The lowest BCUT2D eigenvalue weighted by Crippen LogP contribution is -2.52. The average molecular weight is 542 g/mol. The summed E-state index contributed by atoms with van der Waals surface area (Å²) < 4.78 is 28.6. The van der Waals surface area contributed by atoms with Crippen molar-refractivity contribution in [1.82, 2.24) is 10.2 Å². The first-order valence-corrected chi connectivity index (χ1v) is 13.9. The standard InChI is InChI=1S/C28H32ClN3O4S/c1-4-30-28(34)22(3)31(19-18-23-12-7-5-8-13-23)27(33)20-32(26-17-11-16-25(29)21(26)2)37(35,36)24-14-9-6-10-15-24/h5-17,22H,4,18-20H2,1-3H3,(H,30,34)/t22-/m1/s1. The van der Waals surface area contributed by atoms with E-state index >= 15 is 0 Å². The van der Waals surface area contributed by atoms with Gasteiger partial charge in [0.15, 0.2) is 0 Å². The zero-order chi connectivity index (χ0) is 27.0. The molecule has 0 saturated carbocycles. The summed E-state index contributed by atoms with van der Waals surface area (Å²) in [4.78, 5) is 28.0. The summed E-state index contributed by atoms with van der Waals surface area (Å²) in [5.74, 6) is -0.797. The fraction of sp³-hybridized carbons (Fsp3) is 0.286. The van der Waals surface area contributed by atoms with Crippen LogP contribution in [0.5, 0.6) is 0 Å². The lowest BCUT2D eigenvalue weighted by molar-refractivity contribution is -0.138. The van der Waals surface area contributed by atoms with Crippen molar-refractivity contribution < 1.29 is 18.0 Å². The third-order valence-electron chi connectivity index (χ3n) is 6.12. The van der Waals surface area contributed by atoms with E-state index < -0.39 is 28.5 Å². The number of anilines is 1. The molecule has 196 valence electrons. The maximum absolute atomic E-state index is 13.8. The Morgan fingerprint density at radius 1 is 0.946 bits per heavy atom. The second-order valence-corrected chi connectivity index (χ2v) is 10.9. The smallest absolute Gasteiger partial charge is 0.264 e. The lowest BCUT2D eigenvalue weighted by Gasteiger charge is -2.32. The first-order valence-electron chi connectivity index (χ1n) is 12.1. The topological polar surface area (TPSA) is 86.8 Å². The molecule has 37 heavy (non-hydrogen) atoms. The Labute approximate surface area is 224 Å². The predicted molar refractivity (Wildman–Crippen MR) is 147 cm³/mol. The average Bonchev–Trinajstić information content (AvgIpc) is 2.90. The van der Waals surface area contributed by atoms with E-state index in [0.717, 1.165) is 9.87 Å². The molecule has 0 aromatic heterocycles. The number of likely N-dealkylation sites (N-methyl/N-ethyl adjacent to an activating group) is 1. The van der Waals surface area contributed by atoms with Gasteiger partial charge in [-0.05, 0) is 62.6 Å². The molecule has 0 bridgehead atoms. The van der Waals surface area contributed by atoms with Gasteiger partial charge in [0.05, 0.1) is 10.6 Å². The van der Waals surface area contributed by atoms with Crippen LogP contribution >= 0.6 is 11.6 Å². The Balaban J connectivity index is 2.00. The van der Waals surface area contributed by atoms with E-state index in [1.54, 1.807) is 57.2 Å². The molecular formula is C28H32ClN3O4S. The minimum Gasteiger partial charge on any atom is -0.355 e. The van der Waals surface area contributed by atoms with Gasteiger partial charge >= 0.3 is 0 Å². The number of carbonyl (C=O) groups excluding carboxylic acids is 2. The van der Waals surface area contributed by atoms with Gasteiger partial charge < -0.3 is 10.2 Å². The highest BCUT2D eigenvalue weighted by Gasteiger charge is 2.33. The number of hydrogen-bond acceptors (Lipinski definition) is 4. The first-order chi connectivity index (χ1) is 17.7. The largest absolute Gasteiger partial charge is 0.355 e. The van der Waals surface area contributed by atoms with Gasteiger partial charge in [0, 0.05) is 18.1 Å². The third-order valence-corrected chi connectivity index (χ3v) is 8.30. The summed E-state index contributed by atoms with van der Waals surface area (Å²) in [5, 5.41) is 3.14. The summed E-state index contributed by atoms with van der Waals surface area (Å²) >= 11 is 6.33. The molecule has 7 nitrogen and oxygen atoms in total. The van der Waals surface area contributed by atoms with Crippen LogP contribution in [0.4, 0.5) is 5.69 Å². The van der Waals surface area contributed by atoms with Crippen molar-refractivity contribution in [3.05, 3.63) is 95.0 Å². The summed E-state index contributed by atoms with van der Waals surface area (Å²) in [6, 6.07) is 21.7. The number of halogens is 1. The van der Waals surface area contributed by atoms with Gasteiger partial charge in [-0.15, -0.1) is 0 Å². The van der Waals surface area contributed by atoms with E-state index in [-0.39, 0.29) is 17.3 Å². The molecule has 0 heterocycles. The van der Waals surface area contributed by atoms with Crippen molar-refractivity contribution in [1.29, 1.82) is 0 Å². The molecule has 0 unspecified atom stereocenters. The second kappa shape index (κ2) is 12.7. The van der Waals surface area contributed by atoms with Gasteiger partial charge in [-0.3, -0.25) is 13.9 Å². The number of benzene rings is 3. The van der Waals surface area contributed by atoms with E-state index in [4.69, 9.17) is 11.6 Å². The zero-order valence-electron chi connectivity index (χ0n) is 21.2. The summed E-state index contributed by atoms with van der Waals surface area (Å²) in [6.07, 6.45) is 0.512. The predicted octanol–water partition coefficient (Wildman–Crippen LogP) is 4.44. The molecule has 1 atom stereocenters. The van der Waals surface area contributed by atoms with Crippen molar-refractivity contribution in [2.24, 2.45) is 0 Å². The van der Waals surface area contributed by atoms with E-state index in [1.165, 1.54) is 17.0 Å². The number of rotatable bonds is 11. The van der Waals surface area contributed by atoms with Crippen LogP contribution < -0.4 is 9.62 Å². The Morgan fingerprint density at radius 3 is 2.19 bits per heavy atom. The normalized spacial score (nSPS) is 12.0. The van der Waals surface area contributed by atoms with Crippen molar-refractivity contribution in [2.45, 2.75) is 38.1 Å². The number of sulfonamides is 1. The van der Waals surface area contributed by atoms with E-state index in [2.05, 4.69) is 5.32 Å². The maximum atomic E-state index is 13.8. The fourth-order valence-corrected chi connectivity index (χ4v) is 5.65. The van der Waals surface area contributed by atoms with E-state index in [9.17, 15) is 18.0 Å². The third kappa shape index (κ3) is 6.90. The van der Waals surface area contributed by atoms with Crippen molar-refractivity contribution in [3.63, 3.8) is 0 Å². The van der Waals surface area contributed by atoms with Gasteiger partial charge in [0.25, 0.3) is 10.0 Å². The van der Waals surface area contributed by atoms with Gasteiger partial charge in [-0.25, -0.2) is 8.42 Å². The molecule has 0 spiro atoms. The van der Waals surface area contributed by atoms with E-state index in [1.807, 2.05) is 30.3 Å². The molecule has 0 fully saturated rings. The maximum Gasteiger partial charge on any atom is 0.264 e. The van der Waals surface area contributed by atoms with E-state index in [0.29, 0.717) is 29.2 Å². The minimum atomic E-state index is -4.12. The molecule has 0 saturated heterocycles. The number of amides is 2. The number of nitrogens with zero attached hydrogens (tertiary/aromatic N) is 2. The number of carbonyl (C=O) groups is 2. The monoisotopic (exact) mass is 541 g/mol. The SMILES string of the molecule is CCNC(=O)[C@@H](C)N(CCc1ccccc1)C(=O)CN(c1cccc(Cl)c1C)S(=O)(=O)c1ccccc1. The Morgan fingerprint density at radius 2 is 1.57 bits per heavy atom. The second-order valence-electron chi connectivity index (χ2n) is 8.60. The van der Waals surface area contributed by atoms with Gasteiger partial charge in [-0.1, -0.05) is 66.2 Å². The molecule has 0 aliphatic heterocycles. The van der Waals surface area contributed by atoms with Crippen LogP contribution in [0.2, 0.25) is 5.02 Å². The summed E-state index contributed by atoms with van der Waals surface area (Å²) in [6.45, 7) is 5.33. The highest BCUT2D eigenvalue weighted by molar-refractivity contribution is 7.92. The van der Waals surface area contributed by atoms with Crippen LogP contribution in [-0.4, -0.2) is 50.8 Å². The van der Waals surface area contributed by atoms with Crippen molar-refractivity contribution >= 4 is 39.1 Å². The quantitative estimate of drug-likeness (QED) is 0.389. The van der Waals surface area contributed by atoms with Crippen LogP contribution in [0.1, 0.15) is 25.0 Å². The number of hydrogen-bond donors (Lipinski definition) is 1. The summed E-state index contributed by atoms with van der Waals surface area (Å²) in [5.41, 5.74) is 1.84. The Kier molecular flexibility index (Phi) is 9.72. The molecule has 3 aromatic rings. The van der Waals surface area contributed by atoms with Crippen LogP contribution in [0, 0.1) is 6.92 Å². The first kappa shape index (κ1) is 28.2. The van der Waals surface area contributed by atoms with Crippen LogP contribution in [-0.2, 0) is 26.0 Å². The Hall–Kier alpha value is -3.36. The fourth-order valence-electron chi connectivity index (χ4n) is 3.99. The molecule has 0 aliphatic rings. The zero-order valence-corrected chi connectivity index (χ0v) is 22.8. The molecule has 0 aliphatic carbocycles. The van der Waals surface area contributed by atoms with Gasteiger partial charge in [0.1, 0.15) is 12.6 Å². The molecular weight excluding hydrogens is 510 g/mol. The van der Waals surface area contributed by atoms with Crippen LogP contribution in [0.3, 0.4) is 0 Å².